The molecule has 0 unspecified atom stereocenters. The zero-order chi connectivity index (χ0) is 10.6. The standard InChI is InChI=1S/C9H15ClN4/c1-12-3-4-14(2)9-8(11)5-7(10)6-13-9/h5-6,12H,3-4,11H2,1-2H3. The Balaban J connectivity index is 2.74. The van der Waals surface area contributed by atoms with Crippen molar-refractivity contribution in [3.63, 3.8) is 0 Å². The topological polar surface area (TPSA) is 54.2 Å². The summed E-state index contributed by atoms with van der Waals surface area (Å²) in [6.07, 6.45) is 1.60. The van der Waals surface area contributed by atoms with Gasteiger partial charge in [-0.1, -0.05) is 11.6 Å². The molecule has 0 bridgehead atoms. The van der Waals surface area contributed by atoms with E-state index in [1.165, 1.54) is 0 Å². The van der Waals surface area contributed by atoms with Gasteiger partial charge in [0.1, 0.15) is 0 Å². The van der Waals surface area contributed by atoms with E-state index >= 15 is 0 Å². The van der Waals surface area contributed by atoms with Crippen molar-refractivity contribution in [3.05, 3.63) is 17.3 Å². The summed E-state index contributed by atoms with van der Waals surface area (Å²) in [6.45, 7) is 1.75. The van der Waals surface area contributed by atoms with Crippen molar-refractivity contribution >= 4 is 23.1 Å². The lowest BCUT2D eigenvalue weighted by Crippen LogP contribution is -2.28. The summed E-state index contributed by atoms with van der Waals surface area (Å²) in [4.78, 5) is 6.16. The number of pyridine rings is 1. The maximum Gasteiger partial charge on any atom is 0.151 e. The number of nitrogens with one attached hydrogen (secondary N) is 1. The summed E-state index contributed by atoms with van der Waals surface area (Å²) in [5.74, 6) is 0.768. The average Bonchev–Trinajstić information content (AvgIpc) is 2.14. The van der Waals surface area contributed by atoms with Crippen molar-refractivity contribution in [1.29, 1.82) is 0 Å². The third-order valence-corrected chi connectivity index (χ3v) is 2.13. The van der Waals surface area contributed by atoms with Crippen molar-refractivity contribution in [2.75, 3.05) is 37.8 Å². The Kier molecular flexibility index (Phi) is 3.98. The van der Waals surface area contributed by atoms with Gasteiger partial charge in [-0.25, -0.2) is 4.98 Å². The van der Waals surface area contributed by atoms with Crippen molar-refractivity contribution in [2.45, 2.75) is 0 Å². The Morgan fingerprint density at radius 3 is 2.93 bits per heavy atom. The first-order chi connectivity index (χ1) is 6.65. The maximum atomic E-state index is 5.79. The molecular formula is C9H15ClN4. The predicted octanol–water partition coefficient (Wildman–Crippen LogP) is 0.973. The van der Waals surface area contributed by atoms with Crippen LogP contribution in [0.25, 0.3) is 0 Å². The monoisotopic (exact) mass is 214 g/mol. The number of halogens is 1. The molecule has 4 nitrogen and oxygen atoms in total. The highest BCUT2D eigenvalue weighted by Crippen LogP contribution is 2.21. The van der Waals surface area contributed by atoms with Crippen LogP contribution >= 0.6 is 11.6 Å². The highest BCUT2D eigenvalue weighted by Gasteiger charge is 2.06. The Labute approximate surface area is 89.1 Å². The van der Waals surface area contributed by atoms with Crippen LogP contribution in [0.3, 0.4) is 0 Å². The van der Waals surface area contributed by atoms with E-state index in [1.54, 1.807) is 12.3 Å². The minimum Gasteiger partial charge on any atom is -0.396 e. The van der Waals surface area contributed by atoms with Crippen molar-refractivity contribution in [2.24, 2.45) is 0 Å². The fourth-order valence-corrected chi connectivity index (χ4v) is 1.32. The lowest BCUT2D eigenvalue weighted by atomic mass is 10.3. The van der Waals surface area contributed by atoms with Gasteiger partial charge in [0.25, 0.3) is 0 Å². The molecule has 0 atom stereocenters. The molecule has 1 heterocycles. The van der Waals surface area contributed by atoms with Crippen LogP contribution in [0.1, 0.15) is 0 Å². The highest BCUT2D eigenvalue weighted by atomic mass is 35.5. The number of hydrogen-bond donors (Lipinski definition) is 2. The first-order valence-corrected chi connectivity index (χ1v) is 4.79. The van der Waals surface area contributed by atoms with E-state index in [0.717, 1.165) is 18.9 Å². The molecule has 0 aliphatic rings. The van der Waals surface area contributed by atoms with Crippen molar-refractivity contribution in [3.8, 4) is 0 Å². The fraction of sp³-hybridized carbons (Fsp3) is 0.444. The second-order valence-corrected chi connectivity index (χ2v) is 3.53. The van der Waals surface area contributed by atoms with E-state index in [1.807, 2.05) is 19.0 Å². The third kappa shape index (κ3) is 2.75. The molecule has 3 N–H and O–H groups in total. The second kappa shape index (κ2) is 5.02. The van der Waals surface area contributed by atoms with Crippen LogP contribution in [0.5, 0.6) is 0 Å². The van der Waals surface area contributed by atoms with Crippen LogP contribution in [0, 0.1) is 0 Å². The summed E-state index contributed by atoms with van der Waals surface area (Å²) < 4.78 is 0. The Bertz CT molecular complexity index is 303. The number of aromatic nitrogens is 1. The molecule has 0 radical (unpaired) electrons. The Morgan fingerprint density at radius 2 is 2.36 bits per heavy atom. The number of likely N-dealkylation sites (N-methyl/N-ethyl adjacent to an activating group) is 2. The lowest BCUT2D eigenvalue weighted by molar-refractivity contribution is 0.762. The summed E-state index contributed by atoms with van der Waals surface area (Å²) >= 11 is 5.75. The maximum absolute atomic E-state index is 5.79. The van der Waals surface area contributed by atoms with Crippen LogP contribution < -0.4 is 16.0 Å². The molecule has 78 valence electrons. The number of anilines is 2. The predicted molar refractivity (Wildman–Crippen MR) is 60.9 cm³/mol. The molecular weight excluding hydrogens is 200 g/mol. The van der Waals surface area contributed by atoms with Crippen LogP contribution in [-0.4, -0.2) is 32.2 Å². The molecule has 1 aromatic rings. The molecule has 0 aromatic carbocycles. The lowest BCUT2D eigenvalue weighted by Gasteiger charge is -2.19. The van der Waals surface area contributed by atoms with Gasteiger partial charge in [0, 0.05) is 26.3 Å². The number of nitrogens with two attached hydrogens (primary N) is 1. The third-order valence-electron chi connectivity index (χ3n) is 1.92. The number of rotatable bonds is 4. The van der Waals surface area contributed by atoms with Gasteiger partial charge >= 0.3 is 0 Å². The van der Waals surface area contributed by atoms with E-state index in [9.17, 15) is 0 Å². The summed E-state index contributed by atoms with van der Waals surface area (Å²) in [7, 11) is 3.86. The Hall–Kier alpha value is -1.00. The highest BCUT2D eigenvalue weighted by molar-refractivity contribution is 6.30. The summed E-state index contributed by atoms with van der Waals surface area (Å²) in [6, 6.07) is 1.71. The Morgan fingerprint density at radius 1 is 1.64 bits per heavy atom. The minimum atomic E-state index is 0.563. The number of hydrogen-bond acceptors (Lipinski definition) is 4. The van der Waals surface area contributed by atoms with Gasteiger partial charge in [0.05, 0.1) is 10.7 Å². The van der Waals surface area contributed by atoms with Gasteiger partial charge in [-0.05, 0) is 13.1 Å². The smallest absolute Gasteiger partial charge is 0.151 e. The van der Waals surface area contributed by atoms with Crippen molar-refractivity contribution in [1.82, 2.24) is 10.3 Å². The van der Waals surface area contributed by atoms with Gasteiger partial charge in [0.2, 0.25) is 0 Å². The molecule has 5 heteroatoms. The van der Waals surface area contributed by atoms with E-state index in [0.29, 0.717) is 10.7 Å². The second-order valence-electron chi connectivity index (χ2n) is 3.09. The largest absolute Gasteiger partial charge is 0.396 e. The van der Waals surface area contributed by atoms with E-state index in [-0.39, 0.29) is 0 Å². The minimum absolute atomic E-state index is 0.563. The van der Waals surface area contributed by atoms with Crippen LogP contribution in [0.4, 0.5) is 11.5 Å². The van der Waals surface area contributed by atoms with Crippen LogP contribution in [0.15, 0.2) is 12.3 Å². The van der Waals surface area contributed by atoms with E-state index < -0.39 is 0 Å². The van der Waals surface area contributed by atoms with Crippen LogP contribution in [0.2, 0.25) is 5.02 Å². The van der Waals surface area contributed by atoms with Gasteiger partial charge in [-0.3, -0.25) is 0 Å². The molecule has 0 spiro atoms. The first-order valence-electron chi connectivity index (χ1n) is 4.42. The SMILES string of the molecule is CNCCN(C)c1ncc(Cl)cc1N. The van der Waals surface area contributed by atoms with Gasteiger partial charge in [-0.15, -0.1) is 0 Å². The average molecular weight is 215 g/mol. The number of nitrogen functional groups attached to an aromatic ring is 1. The normalized spacial score (nSPS) is 10.2. The van der Waals surface area contributed by atoms with Gasteiger partial charge in [0.15, 0.2) is 5.82 Å². The van der Waals surface area contributed by atoms with Gasteiger partial charge < -0.3 is 16.0 Å². The molecule has 14 heavy (non-hydrogen) atoms. The van der Waals surface area contributed by atoms with Gasteiger partial charge in [-0.2, -0.15) is 0 Å². The zero-order valence-corrected chi connectivity index (χ0v) is 9.17. The fourth-order valence-electron chi connectivity index (χ4n) is 1.15. The molecule has 0 fully saturated rings. The molecule has 1 aromatic heterocycles. The first kappa shape index (κ1) is 11.1. The molecule has 0 saturated heterocycles. The van der Waals surface area contributed by atoms with Crippen LogP contribution in [-0.2, 0) is 0 Å². The molecule has 0 aliphatic carbocycles. The van der Waals surface area contributed by atoms with E-state index in [4.69, 9.17) is 17.3 Å². The molecule has 0 aliphatic heterocycles. The van der Waals surface area contributed by atoms with Crippen molar-refractivity contribution < 1.29 is 0 Å². The quantitative estimate of drug-likeness (QED) is 0.785. The molecule has 0 saturated carbocycles. The summed E-state index contributed by atoms with van der Waals surface area (Å²) in [5, 5.41) is 3.63. The zero-order valence-electron chi connectivity index (χ0n) is 8.42. The van der Waals surface area contributed by atoms with E-state index in [2.05, 4.69) is 10.3 Å². The number of nitrogens with zero attached hydrogens (tertiary/aromatic N) is 2. The molecule has 0 amide bonds. The molecule has 1 rings (SSSR count). The summed E-state index contributed by atoms with van der Waals surface area (Å²) in [5.41, 5.74) is 6.39.